The molecular weight excluding hydrogens is 318 g/mol. The second kappa shape index (κ2) is 7.38. The third kappa shape index (κ3) is 3.82. The summed E-state index contributed by atoms with van der Waals surface area (Å²) in [5.74, 6) is -0.716. The number of fused-ring (bicyclic) bond motifs is 1. The van der Waals surface area contributed by atoms with Gasteiger partial charge in [0.2, 0.25) is 0 Å². The lowest BCUT2D eigenvalue weighted by Gasteiger charge is -2.16. The van der Waals surface area contributed by atoms with Crippen molar-refractivity contribution in [1.29, 1.82) is 0 Å². The summed E-state index contributed by atoms with van der Waals surface area (Å²) >= 11 is 0. The van der Waals surface area contributed by atoms with Gasteiger partial charge in [0.05, 0.1) is 7.11 Å². The number of benzene rings is 2. The molecule has 0 fully saturated rings. The Morgan fingerprint density at radius 2 is 2.00 bits per heavy atom. The number of nitrogens with one attached hydrogen (secondary N) is 1. The third-order valence-corrected chi connectivity index (χ3v) is 4.57. The van der Waals surface area contributed by atoms with E-state index in [4.69, 9.17) is 4.74 Å². The van der Waals surface area contributed by atoms with Crippen molar-refractivity contribution in [3.63, 3.8) is 0 Å². The molecule has 130 valence electrons. The van der Waals surface area contributed by atoms with Crippen LogP contribution in [0.5, 0.6) is 5.75 Å². The normalized spacial score (nSPS) is 13.8. The number of ether oxygens (including phenoxy) is 1. The first kappa shape index (κ1) is 17.0. The number of amides is 1. The number of hydrogen-bond acceptors (Lipinski definition) is 3. The largest absolute Gasteiger partial charge is 0.497 e. The van der Waals surface area contributed by atoms with Crippen LogP contribution < -0.4 is 10.1 Å². The van der Waals surface area contributed by atoms with Crippen LogP contribution in [0.25, 0.3) is 0 Å². The molecular formula is C20H21NO4. The van der Waals surface area contributed by atoms with E-state index in [1.807, 2.05) is 18.2 Å². The molecule has 0 aromatic heterocycles. The standard InChI is InChI=1S/C20H21NO4/c1-25-15-8-2-5-13(11-15)12-18(20(23)24)21-19(22)17-10-4-7-14-6-3-9-16(14)17/h2,4-5,7-8,10-11,18H,3,6,9,12H2,1H3,(H,21,22)(H,23,24). The summed E-state index contributed by atoms with van der Waals surface area (Å²) in [7, 11) is 1.56. The summed E-state index contributed by atoms with van der Waals surface area (Å²) in [6, 6.07) is 11.9. The molecule has 3 rings (SSSR count). The number of carboxylic acids is 1. The number of carboxylic acid groups (broad SMARTS) is 1. The highest BCUT2D eigenvalue weighted by atomic mass is 16.5. The van der Waals surface area contributed by atoms with Gasteiger partial charge in [-0.3, -0.25) is 4.79 Å². The average molecular weight is 339 g/mol. The van der Waals surface area contributed by atoms with Crippen LogP contribution >= 0.6 is 0 Å². The Bertz CT molecular complexity index is 800. The van der Waals surface area contributed by atoms with Crippen molar-refractivity contribution in [3.05, 3.63) is 64.7 Å². The number of rotatable bonds is 6. The van der Waals surface area contributed by atoms with Gasteiger partial charge < -0.3 is 15.2 Å². The van der Waals surface area contributed by atoms with Crippen LogP contribution in [0.15, 0.2) is 42.5 Å². The molecule has 2 N–H and O–H groups in total. The number of carbonyl (C=O) groups excluding carboxylic acids is 1. The maximum absolute atomic E-state index is 12.6. The molecule has 0 saturated carbocycles. The minimum atomic E-state index is -1.05. The van der Waals surface area contributed by atoms with Gasteiger partial charge in [-0.1, -0.05) is 24.3 Å². The highest BCUT2D eigenvalue weighted by molar-refractivity contribution is 5.98. The quantitative estimate of drug-likeness (QED) is 0.848. The summed E-state index contributed by atoms with van der Waals surface area (Å²) in [5, 5.41) is 12.2. The maximum Gasteiger partial charge on any atom is 0.326 e. The van der Waals surface area contributed by atoms with Crippen LogP contribution in [0.1, 0.15) is 33.5 Å². The molecule has 0 aliphatic heterocycles. The van der Waals surface area contributed by atoms with E-state index in [1.54, 1.807) is 31.4 Å². The zero-order chi connectivity index (χ0) is 17.8. The van der Waals surface area contributed by atoms with Crippen LogP contribution in [0.3, 0.4) is 0 Å². The van der Waals surface area contributed by atoms with Gasteiger partial charge in [-0.25, -0.2) is 4.79 Å². The van der Waals surface area contributed by atoms with Crippen LogP contribution in [0, 0.1) is 0 Å². The molecule has 1 aliphatic carbocycles. The van der Waals surface area contributed by atoms with Gasteiger partial charge in [0.15, 0.2) is 0 Å². The molecule has 1 aliphatic rings. The maximum atomic E-state index is 12.6. The number of aliphatic carboxylic acids is 1. The van der Waals surface area contributed by atoms with Crippen LogP contribution in [-0.4, -0.2) is 30.1 Å². The average Bonchev–Trinajstić information content (AvgIpc) is 3.09. The molecule has 0 saturated heterocycles. The lowest BCUT2D eigenvalue weighted by atomic mass is 10.0. The zero-order valence-electron chi connectivity index (χ0n) is 14.1. The van der Waals surface area contributed by atoms with Crippen molar-refractivity contribution < 1.29 is 19.4 Å². The van der Waals surface area contributed by atoms with Crippen LogP contribution in [0.2, 0.25) is 0 Å². The van der Waals surface area contributed by atoms with Crippen molar-refractivity contribution in [2.75, 3.05) is 7.11 Å². The van der Waals surface area contributed by atoms with E-state index in [1.165, 1.54) is 5.56 Å². The summed E-state index contributed by atoms with van der Waals surface area (Å²) in [5.41, 5.74) is 3.62. The van der Waals surface area contributed by atoms with Crippen molar-refractivity contribution in [2.24, 2.45) is 0 Å². The van der Waals surface area contributed by atoms with Gasteiger partial charge in [0.25, 0.3) is 5.91 Å². The minimum absolute atomic E-state index is 0.202. The van der Waals surface area contributed by atoms with Gasteiger partial charge in [0, 0.05) is 12.0 Å². The Morgan fingerprint density at radius 1 is 1.20 bits per heavy atom. The van der Waals surface area contributed by atoms with Crippen molar-refractivity contribution >= 4 is 11.9 Å². The van der Waals surface area contributed by atoms with E-state index in [0.717, 1.165) is 30.4 Å². The summed E-state index contributed by atoms with van der Waals surface area (Å²) in [6.07, 6.45) is 3.08. The van der Waals surface area contributed by atoms with Crippen molar-refractivity contribution in [2.45, 2.75) is 31.7 Å². The molecule has 0 heterocycles. The molecule has 1 amide bonds. The van der Waals surface area contributed by atoms with E-state index in [-0.39, 0.29) is 12.3 Å². The van der Waals surface area contributed by atoms with Crippen LogP contribution in [0.4, 0.5) is 0 Å². The molecule has 5 heteroatoms. The molecule has 0 radical (unpaired) electrons. The topological polar surface area (TPSA) is 75.6 Å². The van der Waals surface area contributed by atoms with E-state index >= 15 is 0 Å². The third-order valence-electron chi connectivity index (χ3n) is 4.57. The summed E-state index contributed by atoms with van der Waals surface area (Å²) < 4.78 is 5.16. The van der Waals surface area contributed by atoms with Gasteiger partial charge in [-0.05, 0) is 54.2 Å². The lowest BCUT2D eigenvalue weighted by Crippen LogP contribution is -2.42. The van der Waals surface area contributed by atoms with Gasteiger partial charge in [0.1, 0.15) is 11.8 Å². The Kier molecular flexibility index (Phi) is 5.03. The molecule has 25 heavy (non-hydrogen) atoms. The zero-order valence-corrected chi connectivity index (χ0v) is 14.1. The fourth-order valence-electron chi connectivity index (χ4n) is 3.30. The molecule has 5 nitrogen and oxygen atoms in total. The van der Waals surface area contributed by atoms with E-state index in [0.29, 0.717) is 11.3 Å². The molecule has 1 unspecified atom stereocenters. The Morgan fingerprint density at radius 3 is 2.76 bits per heavy atom. The molecule has 2 aromatic rings. The Labute approximate surface area is 146 Å². The smallest absolute Gasteiger partial charge is 0.326 e. The molecule has 1 atom stereocenters. The Hall–Kier alpha value is -2.82. The van der Waals surface area contributed by atoms with Crippen LogP contribution in [-0.2, 0) is 24.1 Å². The number of carbonyl (C=O) groups is 2. The molecule has 0 spiro atoms. The Balaban J connectivity index is 1.77. The predicted octanol–water partition coefficient (Wildman–Crippen LogP) is 2.61. The van der Waals surface area contributed by atoms with E-state index in [2.05, 4.69) is 5.32 Å². The number of methoxy groups -OCH3 is 1. The summed E-state index contributed by atoms with van der Waals surface area (Å²) in [6.45, 7) is 0. The highest BCUT2D eigenvalue weighted by Crippen LogP contribution is 2.25. The van der Waals surface area contributed by atoms with Gasteiger partial charge in [-0.2, -0.15) is 0 Å². The van der Waals surface area contributed by atoms with Gasteiger partial charge >= 0.3 is 5.97 Å². The van der Waals surface area contributed by atoms with E-state index in [9.17, 15) is 14.7 Å². The second-order valence-electron chi connectivity index (χ2n) is 6.22. The fourth-order valence-corrected chi connectivity index (χ4v) is 3.30. The summed E-state index contributed by atoms with van der Waals surface area (Å²) in [4.78, 5) is 24.2. The first-order valence-corrected chi connectivity index (χ1v) is 8.36. The first-order valence-electron chi connectivity index (χ1n) is 8.36. The molecule has 0 bridgehead atoms. The fraction of sp³-hybridized carbons (Fsp3) is 0.300. The first-order chi connectivity index (χ1) is 12.1. The van der Waals surface area contributed by atoms with Gasteiger partial charge in [-0.15, -0.1) is 0 Å². The number of hydrogen-bond donors (Lipinski definition) is 2. The van der Waals surface area contributed by atoms with E-state index < -0.39 is 12.0 Å². The van der Waals surface area contributed by atoms with Crippen molar-refractivity contribution in [3.8, 4) is 5.75 Å². The lowest BCUT2D eigenvalue weighted by molar-refractivity contribution is -0.139. The SMILES string of the molecule is COc1cccc(CC(NC(=O)c2cccc3c2CCC3)C(=O)O)c1. The molecule has 2 aromatic carbocycles. The predicted molar refractivity (Wildman–Crippen MR) is 94.1 cm³/mol. The second-order valence-corrected chi connectivity index (χ2v) is 6.22. The van der Waals surface area contributed by atoms with Crippen molar-refractivity contribution in [1.82, 2.24) is 5.32 Å². The minimum Gasteiger partial charge on any atom is -0.497 e. The number of aryl methyl sites for hydroxylation is 1. The highest BCUT2D eigenvalue weighted by Gasteiger charge is 2.24. The monoisotopic (exact) mass is 339 g/mol.